The summed E-state index contributed by atoms with van der Waals surface area (Å²) in [4.78, 5) is 31.0. The molecule has 0 unspecified atom stereocenters. The van der Waals surface area contributed by atoms with Gasteiger partial charge in [0.05, 0.1) is 10.6 Å². The highest BCUT2D eigenvalue weighted by Gasteiger charge is 2.22. The number of sulfonamides is 1. The van der Waals surface area contributed by atoms with E-state index < -0.39 is 15.9 Å². The van der Waals surface area contributed by atoms with Crippen molar-refractivity contribution in [3.8, 4) is 0 Å². The molecule has 0 radical (unpaired) electrons. The Hall–Kier alpha value is -2.17. The standard InChI is InChI=1S/C20H26N4O4S2/c1-29-13-18-22-17(12-19(25)23-18)20(26)21-11-10-14-6-8-16(9-7-14)30(27,28)24-15-4-2-3-5-15/h6-9,12,15,24H,2-5,10-11,13H2,1H3,(H,21,26)(H,22,23,25). The minimum Gasteiger partial charge on any atom is -0.350 e. The Kier molecular flexibility index (Phi) is 7.68. The van der Waals surface area contributed by atoms with Crippen LogP contribution in [0.3, 0.4) is 0 Å². The second kappa shape index (κ2) is 10.2. The maximum atomic E-state index is 12.5. The summed E-state index contributed by atoms with van der Waals surface area (Å²) in [5, 5.41) is 2.75. The summed E-state index contributed by atoms with van der Waals surface area (Å²) >= 11 is 1.50. The molecule has 2 aromatic rings. The number of aromatic nitrogens is 2. The minimum atomic E-state index is -3.51. The number of rotatable bonds is 9. The van der Waals surface area contributed by atoms with Gasteiger partial charge < -0.3 is 10.3 Å². The molecule has 0 bridgehead atoms. The van der Waals surface area contributed by atoms with E-state index >= 15 is 0 Å². The molecule has 1 aromatic carbocycles. The Bertz CT molecular complexity index is 1030. The molecule has 30 heavy (non-hydrogen) atoms. The molecular formula is C20H26N4O4S2. The minimum absolute atomic E-state index is 0.0279. The van der Waals surface area contributed by atoms with E-state index in [4.69, 9.17) is 0 Å². The van der Waals surface area contributed by atoms with Crippen molar-refractivity contribution < 1.29 is 13.2 Å². The molecule has 3 rings (SSSR count). The summed E-state index contributed by atoms with van der Waals surface area (Å²) < 4.78 is 27.7. The number of nitrogens with zero attached hydrogens (tertiary/aromatic N) is 1. The fraction of sp³-hybridized carbons (Fsp3) is 0.450. The summed E-state index contributed by atoms with van der Waals surface area (Å²) in [6, 6.07) is 7.87. The van der Waals surface area contributed by atoms with E-state index in [0.717, 1.165) is 31.2 Å². The predicted molar refractivity (Wildman–Crippen MR) is 117 cm³/mol. The van der Waals surface area contributed by atoms with Crippen LogP contribution in [0, 0.1) is 0 Å². The van der Waals surface area contributed by atoms with Gasteiger partial charge in [-0.25, -0.2) is 18.1 Å². The molecule has 8 nitrogen and oxygen atoms in total. The number of aromatic amines is 1. The van der Waals surface area contributed by atoms with Gasteiger partial charge in [-0.1, -0.05) is 25.0 Å². The number of amides is 1. The Balaban J connectivity index is 1.54. The first kappa shape index (κ1) is 22.5. The average Bonchev–Trinajstić information content (AvgIpc) is 3.20. The van der Waals surface area contributed by atoms with Crippen LogP contribution in [0.2, 0.25) is 0 Å². The van der Waals surface area contributed by atoms with Gasteiger partial charge in [-0.05, 0) is 43.2 Å². The van der Waals surface area contributed by atoms with Crippen LogP contribution in [0.15, 0.2) is 40.0 Å². The van der Waals surface area contributed by atoms with E-state index in [-0.39, 0.29) is 22.2 Å². The molecule has 1 aliphatic rings. The van der Waals surface area contributed by atoms with Gasteiger partial charge in [0.1, 0.15) is 11.5 Å². The highest BCUT2D eigenvalue weighted by atomic mass is 32.2. The molecule has 1 fully saturated rings. The second-order valence-corrected chi connectivity index (χ2v) is 9.84. The maximum absolute atomic E-state index is 12.5. The van der Waals surface area contributed by atoms with Crippen LogP contribution in [-0.2, 0) is 22.2 Å². The van der Waals surface area contributed by atoms with Crippen molar-refractivity contribution >= 4 is 27.7 Å². The zero-order valence-electron chi connectivity index (χ0n) is 16.8. The summed E-state index contributed by atoms with van der Waals surface area (Å²) in [5.74, 6) is 0.563. The Morgan fingerprint density at radius 1 is 1.23 bits per heavy atom. The zero-order chi connectivity index (χ0) is 21.6. The molecule has 0 atom stereocenters. The smallest absolute Gasteiger partial charge is 0.270 e. The third-order valence-corrected chi connectivity index (χ3v) is 7.01. The molecule has 1 aliphatic carbocycles. The van der Waals surface area contributed by atoms with Gasteiger partial charge in [-0.2, -0.15) is 11.8 Å². The number of H-pyrrole nitrogens is 1. The summed E-state index contributed by atoms with van der Waals surface area (Å²) in [5.41, 5.74) is 0.626. The van der Waals surface area contributed by atoms with Gasteiger partial charge in [0, 0.05) is 18.7 Å². The first-order valence-corrected chi connectivity index (χ1v) is 12.7. The molecule has 1 aromatic heterocycles. The van der Waals surface area contributed by atoms with Crippen LogP contribution in [0.5, 0.6) is 0 Å². The van der Waals surface area contributed by atoms with E-state index in [1.807, 2.05) is 6.26 Å². The van der Waals surface area contributed by atoms with Crippen LogP contribution in [0.4, 0.5) is 0 Å². The highest BCUT2D eigenvalue weighted by Crippen LogP contribution is 2.20. The van der Waals surface area contributed by atoms with Crippen molar-refractivity contribution in [1.29, 1.82) is 0 Å². The molecule has 162 valence electrons. The summed E-state index contributed by atoms with van der Waals surface area (Å²) in [6.45, 7) is 0.345. The first-order chi connectivity index (χ1) is 14.4. The molecule has 1 heterocycles. The zero-order valence-corrected chi connectivity index (χ0v) is 18.4. The normalized spacial score (nSPS) is 14.7. The highest BCUT2D eigenvalue weighted by molar-refractivity contribution is 7.97. The van der Waals surface area contributed by atoms with E-state index in [9.17, 15) is 18.0 Å². The number of hydrogen-bond acceptors (Lipinski definition) is 6. The van der Waals surface area contributed by atoms with Crippen molar-refractivity contribution in [2.24, 2.45) is 0 Å². The molecule has 1 saturated carbocycles. The van der Waals surface area contributed by atoms with Crippen molar-refractivity contribution in [1.82, 2.24) is 20.0 Å². The lowest BCUT2D eigenvalue weighted by Gasteiger charge is -2.13. The number of carbonyl (C=O) groups excluding carboxylic acids is 1. The number of thioether (sulfide) groups is 1. The van der Waals surface area contributed by atoms with Crippen LogP contribution in [0.1, 0.15) is 47.6 Å². The summed E-state index contributed by atoms with van der Waals surface area (Å²) in [6.07, 6.45) is 6.31. The van der Waals surface area contributed by atoms with Crippen molar-refractivity contribution in [3.05, 3.63) is 57.8 Å². The first-order valence-electron chi connectivity index (χ1n) is 9.86. The van der Waals surface area contributed by atoms with Crippen LogP contribution in [-0.4, -0.2) is 43.1 Å². The van der Waals surface area contributed by atoms with Gasteiger partial charge >= 0.3 is 0 Å². The van der Waals surface area contributed by atoms with Crippen LogP contribution >= 0.6 is 11.8 Å². The quantitative estimate of drug-likeness (QED) is 0.536. The molecular weight excluding hydrogens is 424 g/mol. The lowest BCUT2D eigenvalue weighted by molar-refractivity contribution is 0.0948. The van der Waals surface area contributed by atoms with Gasteiger partial charge in [0.25, 0.3) is 11.5 Å². The SMILES string of the molecule is CSCc1nc(C(=O)NCCc2ccc(S(=O)(=O)NC3CCCC3)cc2)cc(=O)[nH]1. The van der Waals surface area contributed by atoms with Crippen molar-refractivity contribution in [3.63, 3.8) is 0 Å². The topological polar surface area (TPSA) is 121 Å². The fourth-order valence-electron chi connectivity index (χ4n) is 3.41. The molecule has 0 spiro atoms. The molecule has 0 aliphatic heterocycles. The van der Waals surface area contributed by atoms with Crippen molar-refractivity contribution in [2.75, 3.05) is 12.8 Å². The number of benzene rings is 1. The van der Waals surface area contributed by atoms with E-state index in [1.54, 1.807) is 24.3 Å². The molecule has 10 heteroatoms. The number of hydrogen-bond donors (Lipinski definition) is 3. The lowest BCUT2D eigenvalue weighted by Crippen LogP contribution is -2.32. The predicted octanol–water partition coefficient (Wildman–Crippen LogP) is 1.83. The Labute approximate surface area is 180 Å². The van der Waals surface area contributed by atoms with Crippen LogP contribution in [0.25, 0.3) is 0 Å². The molecule has 1 amide bonds. The largest absolute Gasteiger partial charge is 0.350 e. The maximum Gasteiger partial charge on any atom is 0.270 e. The molecule has 0 saturated heterocycles. The number of carbonyl (C=O) groups is 1. The number of nitrogens with one attached hydrogen (secondary N) is 3. The molecule has 3 N–H and O–H groups in total. The van der Waals surface area contributed by atoms with E-state index in [0.29, 0.717) is 24.5 Å². The lowest BCUT2D eigenvalue weighted by atomic mass is 10.1. The van der Waals surface area contributed by atoms with Crippen molar-refractivity contribution in [2.45, 2.75) is 48.8 Å². The van der Waals surface area contributed by atoms with E-state index in [1.165, 1.54) is 17.8 Å². The average molecular weight is 451 g/mol. The summed E-state index contributed by atoms with van der Waals surface area (Å²) in [7, 11) is -3.51. The third kappa shape index (κ3) is 6.16. The van der Waals surface area contributed by atoms with Gasteiger partial charge in [0.2, 0.25) is 10.0 Å². The second-order valence-electron chi connectivity index (χ2n) is 7.26. The van der Waals surface area contributed by atoms with Crippen LogP contribution < -0.4 is 15.6 Å². The van der Waals surface area contributed by atoms with Gasteiger partial charge in [-0.15, -0.1) is 0 Å². The Morgan fingerprint density at radius 3 is 2.60 bits per heavy atom. The van der Waals surface area contributed by atoms with Gasteiger partial charge in [0.15, 0.2) is 0 Å². The van der Waals surface area contributed by atoms with Gasteiger partial charge in [-0.3, -0.25) is 9.59 Å². The third-order valence-electron chi connectivity index (χ3n) is 4.91. The van der Waals surface area contributed by atoms with E-state index in [2.05, 4.69) is 20.0 Å². The Morgan fingerprint density at radius 2 is 1.93 bits per heavy atom. The fourth-order valence-corrected chi connectivity index (χ4v) is 5.12. The monoisotopic (exact) mass is 450 g/mol.